The predicted molar refractivity (Wildman–Crippen MR) is 119 cm³/mol. The number of ether oxygens (including phenoxy) is 1. The minimum atomic E-state index is -1.41. The maximum Gasteiger partial charge on any atom is 0.253 e. The van der Waals surface area contributed by atoms with Crippen LogP contribution in [0.1, 0.15) is 30.1 Å². The van der Waals surface area contributed by atoms with Gasteiger partial charge in [-0.05, 0) is 30.3 Å². The topological polar surface area (TPSA) is 70.7 Å². The van der Waals surface area contributed by atoms with Gasteiger partial charge in [0.2, 0.25) is 5.91 Å². The van der Waals surface area contributed by atoms with Gasteiger partial charge in [-0.1, -0.05) is 17.7 Å². The number of carbonyl (C=O) groups excluding carboxylic acids is 2. The first-order valence-electron chi connectivity index (χ1n) is 10.4. The van der Waals surface area contributed by atoms with Crippen molar-refractivity contribution in [2.24, 2.45) is 0 Å². The molecule has 3 rings (SSSR count). The molecule has 6 nitrogen and oxygen atoms in total. The van der Waals surface area contributed by atoms with Crippen molar-refractivity contribution < 1.29 is 23.1 Å². The first kappa shape index (κ1) is 23.9. The maximum absolute atomic E-state index is 15.1. The summed E-state index contributed by atoms with van der Waals surface area (Å²) in [7, 11) is 0. The molecule has 32 heavy (non-hydrogen) atoms. The number of rotatable bonds is 8. The molecule has 0 aliphatic carbocycles. The summed E-state index contributed by atoms with van der Waals surface area (Å²) in [6.45, 7) is 2.94. The summed E-state index contributed by atoms with van der Waals surface area (Å²) in [5.41, 5.74) is -0.474. The number of alkyl halides is 1. The van der Waals surface area contributed by atoms with Crippen LogP contribution in [0.4, 0.5) is 14.5 Å². The van der Waals surface area contributed by atoms with Crippen molar-refractivity contribution in [3.8, 4) is 5.75 Å². The average Bonchev–Trinajstić information content (AvgIpc) is 2.75. The van der Waals surface area contributed by atoms with Gasteiger partial charge in [-0.25, -0.2) is 8.78 Å². The molecular weight excluding hydrogens is 440 g/mol. The Hall–Kier alpha value is -2.71. The van der Waals surface area contributed by atoms with Gasteiger partial charge in [-0.15, -0.1) is 0 Å². The summed E-state index contributed by atoms with van der Waals surface area (Å²) in [6.07, 6.45) is 0.417. The summed E-state index contributed by atoms with van der Waals surface area (Å²) in [4.78, 5) is 25.2. The summed E-state index contributed by atoms with van der Waals surface area (Å²) < 4.78 is 34.0. The molecule has 1 saturated heterocycles. The van der Waals surface area contributed by atoms with Gasteiger partial charge in [0.15, 0.2) is 0 Å². The van der Waals surface area contributed by atoms with E-state index in [1.807, 2.05) is 0 Å². The Morgan fingerprint density at radius 2 is 1.94 bits per heavy atom. The van der Waals surface area contributed by atoms with E-state index in [9.17, 15) is 14.0 Å². The Kier molecular flexibility index (Phi) is 8.04. The van der Waals surface area contributed by atoms with Gasteiger partial charge in [0.25, 0.3) is 5.91 Å². The second-order valence-corrected chi connectivity index (χ2v) is 8.21. The van der Waals surface area contributed by atoms with Gasteiger partial charge < -0.3 is 20.3 Å². The number of likely N-dealkylation sites (tertiary alicyclic amines) is 1. The highest BCUT2D eigenvalue weighted by atomic mass is 35.5. The van der Waals surface area contributed by atoms with Crippen LogP contribution in [0.2, 0.25) is 5.02 Å². The highest BCUT2D eigenvalue weighted by Crippen LogP contribution is 2.27. The first-order chi connectivity index (χ1) is 15.3. The molecule has 0 bridgehead atoms. The molecule has 172 valence electrons. The highest BCUT2D eigenvalue weighted by molar-refractivity contribution is 6.31. The molecule has 0 saturated carbocycles. The minimum absolute atomic E-state index is 0.110. The van der Waals surface area contributed by atoms with Crippen molar-refractivity contribution >= 4 is 29.1 Å². The fourth-order valence-electron chi connectivity index (χ4n) is 3.52. The number of carbonyl (C=O) groups is 2. The number of benzene rings is 2. The number of amides is 2. The lowest BCUT2D eigenvalue weighted by Gasteiger charge is -2.36. The standard InChI is InChI=1S/C23H26ClF2N3O3/c1-16(30)28-18-3-2-4-19(14-18)32-12-9-27-15-23(26)7-10-29(11-8-23)22(31)17-5-6-21(25)20(24)13-17/h2-6,13-14,27H,7-12,15H2,1H3,(H,28,30). The zero-order chi connectivity index (χ0) is 23.1. The van der Waals surface area contributed by atoms with Crippen molar-refractivity contribution in [1.29, 1.82) is 0 Å². The van der Waals surface area contributed by atoms with E-state index in [1.165, 1.54) is 19.1 Å². The van der Waals surface area contributed by atoms with Crippen molar-refractivity contribution in [3.05, 3.63) is 58.9 Å². The molecule has 0 atom stereocenters. The van der Waals surface area contributed by atoms with Crippen molar-refractivity contribution in [3.63, 3.8) is 0 Å². The van der Waals surface area contributed by atoms with Crippen LogP contribution in [0, 0.1) is 5.82 Å². The van der Waals surface area contributed by atoms with Crippen LogP contribution in [0.3, 0.4) is 0 Å². The smallest absolute Gasteiger partial charge is 0.253 e. The quantitative estimate of drug-likeness (QED) is 0.577. The Balaban J connectivity index is 1.39. The second kappa shape index (κ2) is 10.7. The summed E-state index contributed by atoms with van der Waals surface area (Å²) in [5.74, 6) is -0.413. The normalized spacial score (nSPS) is 15.3. The average molecular weight is 466 g/mol. The molecular formula is C23H26ClF2N3O3. The van der Waals surface area contributed by atoms with Crippen molar-refractivity contribution in [2.45, 2.75) is 25.4 Å². The van der Waals surface area contributed by atoms with E-state index < -0.39 is 11.5 Å². The number of piperidine rings is 1. The van der Waals surface area contributed by atoms with Crippen LogP contribution in [0.15, 0.2) is 42.5 Å². The van der Waals surface area contributed by atoms with Gasteiger partial charge in [-0.2, -0.15) is 0 Å². The zero-order valence-electron chi connectivity index (χ0n) is 17.8. The van der Waals surface area contributed by atoms with Crippen molar-refractivity contribution in [2.75, 3.05) is 38.1 Å². The number of halogens is 3. The molecule has 0 unspecified atom stereocenters. The summed E-state index contributed by atoms with van der Waals surface area (Å²) >= 11 is 5.75. The SMILES string of the molecule is CC(=O)Nc1cccc(OCCNCC2(F)CCN(C(=O)c3ccc(F)c(Cl)c3)CC2)c1. The maximum atomic E-state index is 15.1. The number of nitrogens with zero attached hydrogens (tertiary/aromatic N) is 1. The molecule has 1 fully saturated rings. The third-order valence-corrected chi connectivity index (χ3v) is 5.55. The number of anilines is 1. The first-order valence-corrected chi connectivity index (χ1v) is 10.8. The van der Waals surface area contributed by atoms with E-state index in [0.29, 0.717) is 30.2 Å². The lowest BCUT2D eigenvalue weighted by Crippen LogP contribution is -2.49. The third-order valence-electron chi connectivity index (χ3n) is 5.26. The van der Waals surface area contributed by atoms with E-state index in [0.717, 1.165) is 6.07 Å². The molecule has 0 spiro atoms. The van der Waals surface area contributed by atoms with Gasteiger partial charge >= 0.3 is 0 Å². The van der Waals surface area contributed by atoms with Gasteiger partial charge in [0.1, 0.15) is 23.8 Å². The molecule has 0 radical (unpaired) electrons. The van der Waals surface area contributed by atoms with Crippen LogP contribution in [-0.2, 0) is 4.79 Å². The molecule has 9 heteroatoms. The zero-order valence-corrected chi connectivity index (χ0v) is 18.6. The third kappa shape index (κ3) is 6.64. The van der Waals surface area contributed by atoms with Crippen LogP contribution in [0.5, 0.6) is 5.75 Å². The largest absolute Gasteiger partial charge is 0.492 e. The van der Waals surface area contributed by atoms with Gasteiger partial charge in [0.05, 0.1) is 5.02 Å². The molecule has 2 amide bonds. The van der Waals surface area contributed by atoms with Crippen LogP contribution >= 0.6 is 11.6 Å². The Morgan fingerprint density at radius 3 is 2.62 bits per heavy atom. The molecule has 2 aromatic carbocycles. The molecule has 1 aliphatic heterocycles. The fraction of sp³-hybridized carbons (Fsp3) is 0.391. The fourth-order valence-corrected chi connectivity index (χ4v) is 3.70. The lowest BCUT2D eigenvalue weighted by atomic mass is 9.93. The summed E-state index contributed by atoms with van der Waals surface area (Å²) in [5, 5.41) is 5.65. The Labute approximate surface area is 190 Å². The number of nitrogens with one attached hydrogen (secondary N) is 2. The van der Waals surface area contributed by atoms with Crippen LogP contribution in [-0.4, -0.2) is 55.2 Å². The van der Waals surface area contributed by atoms with E-state index in [-0.39, 0.29) is 49.3 Å². The van der Waals surface area contributed by atoms with E-state index in [1.54, 1.807) is 29.2 Å². The molecule has 2 aromatic rings. The monoisotopic (exact) mass is 465 g/mol. The number of hydrogen-bond donors (Lipinski definition) is 2. The Morgan fingerprint density at radius 1 is 1.19 bits per heavy atom. The molecule has 1 heterocycles. The predicted octanol–water partition coefficient (Wildman–Crippen LogP) is 4.05. The van der Waals surface area contributed by atoms with E-state index in [2.05, 4.69) is 10.6 Å². The summed E-state index contributed by atoms with van der Waals surface area (Å²) in [6, 6.07) is 10.9. The van der Waals surface area contributed by atoms with E-state index >= 15 is 4.39 Å². The Bertz CT molecular complexity index is 965. The van der Waals surface area contributed by atoms with Crippen LogP contribution < -0.4 is 15.4 Å². The second-order valence-electron chi connectivity index (χ2n) is 7.81. The molecule has 1 aliphatic rings. The van der Waals surface area contributed by atoms with Crippen LogP contribution in [0.25, 0.3) is 0 Å². The van der Waals surface area contributed by atoms with Gasteiger partial charge in [-0.3, -0.25) is 9.59 Å². The van der Waals surface area contributed by atoms with E-state index in [4.69, 9.17) is 16.3 Å². The van der Waals surface area contributed by atoms with Gasteiger partial charge in [0, 0.05) is 63.3 Å². The highest BCUT2D eigenvalue weighted by Gasteiger charge is 2.35. The molecule has 2 N–H and O–H groups in total. The lowest BCUT2D eigenvalue weighted by molar-refractivity contribution is -0.114. The minimum Gasteiger partial charge on any atom is -0.492 e. The number of hydrogen-bond acceptors (Lipinski definition) is 4. The van der Waals surface area contributed by atoms with Crippen molar-refractivity contribution in [1.82, 2.24) is 10.2 Å². The molecule has 0 aromatic heterocycles.